The molecule has 10 aromatic carbocycles. The SMILES string of the molecule is c1ccc(-n2c3ccccc3c3ccc(-c4ccc5c(c4)c4ccccc4n5-c4ccc5oc6ccc(-c7cccc(-n8c9ccccc9c9ccccc98)c7)cc6c5c4)cc32)cc1. The third kappa shape index (κ3) is 5.11. The molecule has 0 atom stereocenters. The average Bonchev–Trinajstić information content (AvgIpc) is 4.10. The Balaban J connectivity index is 0.890. The van der Waals surface area contributed by atoms with Crippen molar-refractivity contribution in [2.45, 2.75) is 0 Å². The molecule has 4 nitrogen and oxygen atoms in total. The zero-order valence-electron chi connectivity index (χ0n) is 34.6. The molecule has 4 heteroatoms. The molecule has 14 aromatic rings. The molecule has 0 saturated carbocycles. The van der Waals surface area contributed by atoms with Crippen LogP contribution in [0.2, 0.25) is 0 Å². The van der Waals surface area contributed by atoms with Crippen LogP contribution in [0.4, 0.5) is 0 Å². The quantitative estimate of drug-likeness (QED) is 0.170. The summed E-state index contributed by atoms with van der Waals surface area (Å²) < 4.78 is 13.7. The van der Waals surface area contributed by atoms with Gasteiger partial charge < -0.3 is 18.1 Å². The lowest BCUT2D eigenvalue weighted by Gasteiger charge is -2.11. The molecule has 0 fully saturated rings. The van der Waals surface area contributed by atoms with Crippen molar-refractivity contribution >= 4 is 87.4 Å². The van der Waals surface area contributed by atoms with Crippen LogP contribution in [0.1, 0.15) is 0 Å². The van der Waals surface area contributed by atoms with Crippen LogP contribution < -0.4 is 0 Å². The van der Waals surface area contributed by atoms with E-state index in [1.165, 1.54) is 76.5 Å². The van der Waals surface area contributed by atoms with E-state index in [1.807, 2.05) is 0 Å². The highest BCUT2D eigenvalue weighted by molar-refractivity contribution is 6.14. The Morgan fingerprint density at radius 3 is 1.30 bits per heavy atom. The van der Waals surface area contributed by atoms with E-state index in [2.05, 4.69) is 238 Å². The predicted molar refractivity (Wildman–Crippen MR) is 268 cm³/mol. The largest absolute Gasteiger partial charge is 0.456 e. The molecule has 14 rings (SSSR count). The minimum Gasteiger partial charge on any atom is -0.456 e. The second kappa shape index (κ2) is 13.4. The first-order chi connectivity index (χ1) is 31.7. The summed E-state index contributed by atoms with van der Waals surface area (Å²) in [6.07, 6.45) is 0. The fraction of sp³-hybridized carbons (Fsp3) is 0. The number of nitrogens with zero attached hydrogens (tertiary/aromatic N) is 3. The van der Waals surface area contributed by atoms with Gasteiger partial charge in [-0.15, -0.1) is 0 Å². The highest BCUT2D eigenvalue weighted by Gasteiger charge is 2.18. The van der Waals surface area contributed by atoms with Gasteiger partial charge in [0.25, 0.3) is 0 Å². The monoisotopic (exact) mass is 815 g/mol. The molecule has 0 amide bonds. The lowest BCUT2D eigenvalue weighted by atomic mass is 10.0. The van der Waals surface area contributed by atoms with Gasteiger partial charge in [-0.3, -0.25) is 0 Å². The van der Waals surface area contributed by atoms with E-state index in [1.54, 1.807) is 0 Å². The molecule has 0 bridgehead atoms. The van der Waals surface area contributed by atoms with E-state index in [-0.39, 0.29) is 0 Å². The summed E-state index contributed by atoms with van der Waals surface area (Å²) in [5.41, 5.74) is 17.0. The lowest BCUT2D eigenvalue weighted by Crippen LogP contribution is -1.94. The third-order valence-corrected chi connectivity index (χ3v) is 13.4. The van der Waals surface area contributed by atoms with Crippen LogP contribution >= 0.6 is 0 Å². The molecule has 0 aliphatic heterocycles. The predicted octanol–water partition coefficient (Wildman–Crippen LogP) is 16.2. The Hall–Kier alpha value is -8.60. The van der Waals surface area contributed by atoms with Crippen LogP contribution in [0.25, 0.3) is 127 Å². The van der Waals surface area contributed by atoms with Gasteiger partial charge in [0.1, 0.15) is 11.2 Å². The summed E-state index contributed by atoms with van der Waals surface area (Å²) >= 11 is 0. The molecule has 0 aliphatic rings. The first-order valence-corrected chi connectivity index (χ1v) is 21.9. The van der Waals surface area contributed by atoms with Crippen LogP contribution in [-0.4, -0.2) is 13.7 Å². The maximum atomic E-state index is 6.51. The second-order valence-corrected chi connectivity index (χ2v) is 16.9. The average molecular weight is 816 g/mol. The highest BCUT2D eigenvalue weighted by atomic mass is 16.3. The van der Waals surface area contributed by atoms with Crippen molar-refractivity contribution in [3.05, 3.63) is 224 Å². The molecular weight excluding hydrogens is 779 g/mol. The van der Waals surface area contributed by atoms with E-state index < -0.39 is 0 Å². The van der Waals surface area contributed by atoms with E-state index in [0.717, 1.165) is 50.1 Å². The molecule has 0 spiro atoms. The Bertz CT molecular complexity index is 4140. The van der Waals surface area contributed by atoms with Gasteiger partial charge in [0.15, 0.2) is 0 Å². The van der Waals surface area contributed by atoms with Crippen molar-refractivity contribution < 1.29 is 4.42 Å². The van der Waals surface area contributed by atoms with E-state index in [4.69, 9.17) is 4.42 Å². The van der Waals surface area contributed by atoms with Crippen LogP contribution in [0, 0.1) is 0 Å². The molecule has 0 unspecified atom stereocenters. The van der Waals surface area contributed by atoms with Gasteiger partial charge in [0.05, 0.1) is 33.1 Å². The van der Waals surface area contributed by atoms with Gasteiger partial charge in [-0.25, -0.2) is 0 Å². The molecular formula is C60H37N3O. The van der Waals surface area contributed by atoms with Crippen molar-refractivity contribution in [1.82, 2.24) is 13.7 Å². The van der Waals surface area contributed by atoms with Crippen LogP contribution in [0.5, 0.6) is 0 Å². The second-order valence-electron chi connectivity index (χ2n) is 16.9. The van der Waals surface area contributed by atoms with Crippen LogP contribution in [-0.2, 0) is 0 Å². The first kappa shape index (κ1) is 35.0. The van der Waals surface area contributed by atoms with Crippen molar-refractivity contribution in [3.63, 3.8) is 0 Å². The zero-order chi connectivity index (χ0) is 41.9. The van der Waals surface area contributed by atoms with E-state index in [9.17, 15) is 0 Å². The number of hydrogen-bond acceptors (Lipinski definition) is 1. The molecule has 0 radical (unpaired) electrons. The van der Waals surface area contributed by atoms with Gasteiger partial charge in [0.2, 0.25) is 0 Å². The van der Waals surface area contributed by atoms with Gasteiger partial charge in [-0.2, -0.15) is 0 Å². The summed E-state index contributed by atoms with van der Waals surface area (Å²) in [6.45, 7) is 0. The van der Waals surface area contributed by atoms with Crippen LogP contribution in [0.3, 0.4) is 0 Å². The fourth-order valence-corrected chi connectivity index (χ4v) is 10.5. The first-order valence-electron chi connectivity index (χ1n) is 21.9. The molecule has 4 aromatic heterocycles. The molecule has 0 N–H and O–H groups in total. The maximum absolute atomic E-state index is 6.51. The fourth-order valence-electron chi connectivity index (χ4n) is 10.5. The number of hydrogen-bond donors (Lipinski definition) is 0. The summed E-state index contributed by atoms with van der Waals surface area (Å²) in [5.74, 6) is 0. The summed E-state index contributed by atoms with van der Waals surface area (Å²) in [4.78, 5) is 0. The summed E-state index contributed by atoms with van der Waals surface area (Å²) in [6, 6.07) is 81.5. The Morgan fingerprint density at radius 2 is 0.641 bits per heavy atom. The number of para-hydroxylation sites is 5. The van der Waals surface area contributed by atoms with Crippen molar-refractivity contribution in [1.29, 1.82) is 0 Å². The van der Waals surface area contributed by atoms with Crippen molar-refractivity contribution in [2.75, 3.05) is 0 Å². The Morgan fingerprint density at radius 1 is 0.219 bits per heavy atom. The maximum Gasteiger partial charge on any atom is 0.135 e. The van der Waals surface area contributed by atoms with Crippen molar-refractivity contribution in [3.8, 4) is 39.3 Å². The number of rotatable bonds is 5. The molecule has 298 valence electrons. The lowest BCUT2D eigenvalue weighted by molar-refractivity contribution is 0.669. The Labute approximate surface area is 367 Å². The number of fused-ring (bicyclic) bond motifs is 12. The third-order valence-electron chi connectivity index (χ3n) is 13.4. The number of aromatic nitrogens is 3. The molecule has 0 aliphatic carbocycles. The van der Waals surface area contributed by atoms with Crippen molar-refractivity contribution in [2.24, 2.45) is 0 Å². The molecule has 4 heterocycles. The van der Waals surface area contributed by atoms with Gasteiger partial charge in [-0.1, -0.05) is 127 Å². The molecule has 64 heavy (non-hydrogen) atoms. The Kier molecular flexibility index (Phi) is 7.36. The highest BCUT2D eigenvalue weighted by Crippen LogP contribution is 2.41. The van der Waals surface area contributed by atoms with Gasteiger partial charge in [0, 0.05) is 60.2 Å². The minimum absolute atomic E-state index is 0.876. The standard InChI is InChI=1S/C60H37N3O/c1-2-14-42(15-3-1)61-53-21-8-6-19-47(53)49-29-25-41(36-58(49)61)39-26-30-57-50(34-39)48-20-7-11-24-56(48)63(57)44-28-32-60-52(37-44)51-35-40(27-31-59(51)64-60)38-13-12-16-43(33-38)62-54-22-9-4-17-45(54)46-18-5-10-23-55(46)62/h1-37H. The van der Waals surface area contributed by atoms with Gasteiger partial charge in [-0.05, 0) is 119 Å². The normalized spacial score (nSPS) is 12.1. The zero-order valence-corrected chi connectivity index (χ0v) is 34.6. The number of benzene rings is 10. The smallest absolute Gasteiger partial charge is 0.135 e. The summed E-state index contributed by atoms with van der Waals surface area (Å²) in [7, 11) is 0. The minimum atomic E-state index is 0.876. The van der Waals surface area contributed by atoms with E-state index in [0.29, 0.717) is 0 Å². The van der Waals surface area contributed by atoms with Crippen LogP contribution in [0.15, 0.2) is 229 Å². The topological polar surface area (TPSA) is 27.9 Å². The summed E-state index contributed by atoms with van der Waals surface area (Å²) in [5, 5.41) is 9.67. The molecule has 0 saturated heterocycles. The van der Waals surface area contributed by atoms with E-state index >= 15 is 0 Å². The number of furan rings is 1. The van der Waals surface area contributed by atoms with Gasteiger partial charge >= 0.3 is 0 Å².